The van der Waals surface area contributed by atoms with Crippen molar-refractivity contribution in [2.45, 2.75) is 168 Å². The fourth-order valence-electron chi connectivity index (χ4n) is 4.17. The SMILES string of the molecule is CC(C)CCCCCSCC(=O)[O-].CC(C)CCCCCSCC(=O)[O-].CC(C)CCCCCSCC(=O)[O-].CCCCCCC[CH2][Sn+3]. The standard InChI is InChI=1S/3C10H20O2S.C8H17.Sn/c3*1-9(2)6-4-3-5-7-13-8-10(11)12;1-3-5-7-8-6-4-2;/h3*9H,3-8H2,1-2H3,(H,11,12);1,3-8H2,2H3;/q;;;;+3/p-3. The van der Waals surface area contributed by atoms with Crippen LogP contribution in [0.2, 0.25) is 4.44 Å². The molecule has 0 aliphatic carbocycles. The van der Waals surface area contributed by atoms with E-state index in [0.29, 0.717) is 0 Å². The molecule has 0 amide bonds. The first-order valence-corrected chi connectivity index (χ1v) is 24.2. The van der Waals surface area contributed by atoms with Crippen molar-refractivity contribution < 1.29 is 29.7 Å². The third-order valence-corrected chi connectivity index (χ3v) is 11.0. The first-order chi connectivity index (χ1) is 22.8. The fourth-order valence-corrected chi connectivity index (χ4v) is 7.04. The van der Waals surface area contributed by atoms with Crippen molar-refractivity contribution in [3.8, 4) is 0 Å². The maximum atomic E-state index is 10.0. The van der Waals surface area contributed by atoms with Crippen molar-refractivity contribution in [1.29, 1.82) is 0 Å². The number of carboxylic acid groups (broad SMARTS) is 3. The molecule has 0 fully saturated rings. The predicted octanol–water partition coefficient (Wildman–Crippen LogP) is 7.99. The van der Waals surface area contributed by atoms with Gasteiger partial charge in [-0.15, -0.1) is 0 Å². The molecule has 0 aromatic heterocycles. The zero-order valence-electron chi connectivity index (χ0n) is 32.1. The van der Waals surface area contributed by atoms with Crippen molar-refractivity contribution >= 4 is 75.7 Å². The summed E-state index contributed by atoms with van der Waals surface area (Å²) in [6, 6.07) is 0. The van der Waals surface area contributed by atoms with Crippen molar-refractivity contribution in [3.63, 3.8) is 0 Å². The van der Waals surface area contributed by atoms with Gasteiger partial charge in [0, 0.05) is 17.3 Å². The van der Waals surface area contributed by atoms with Crippen LogP contribution in [0.15, 0.2) is 0 Å². The summed E-state index contributed by atoms with van der Waals surface area (Å²) in [7, 11) is 0. The van der Waals surface area contributed by atoms with Crippen molar-refractivity contribution in [1.82, 2.24) is 0 Å². The first kappa shape index (κ1) is 55.0. The molecular formula is C38H74O6S3Sn. The molecule has 0 saturated carbocycles. The van der Waals surface area contributed by atoms with Gasteiger partial charge in [0.25, 0.3) is 0 Å². The Kier molecular flexibility index (Phi) is 54.2. The van der Waals surface area contributed by atoms with Crippen LogP contribution in [0, 0.1) is 17.8 Å². The van der Waals surface area contributed by atoms with E-state index in [9.17, 15) is 29.7 Å². The van der Waals surface area contributed by atoms with Crippen LogP contribution in [0.25, 0.3) is 0 Å². The Balaban J connectivity index is -0.000000271. The summed E-state index contributed by atoms with van der Waals surface area (Å²) in [5, 5.41) is 30.1. The van der Waals surface area contributed by atoms with E-state index < -0.39 is 17.9 Å². The third-order valence-electron chi connectivity index (χ3n) is 6.90. The van der Waals surface area contributed by atoms with E-state index in [2.05, 4.69) is 48.5 Å². The van der Waals surface area contributed by atoms with E-state index in [-0.39, 0.29) is 17.3 Å². The Morgan fingerprint density at radius 2 is 0.729 bits per heavy atom. The molecule has 0 aliphatic heterocycles. The average molecular weight is 842 g/mol. The first-order valence-electron chi connectivity index (χ1n) is 18.8. The molecule has 0 saturated heterocycles. The molecule has 6 nitrogen and oxygen atoms in total. The number of aliphatic carboxylic acids is 3. The van der Waals surface area contributed by atoms with Crippen LogP contribution in [0.5, 0.6) is 0 Å². The van der Waals surface area contributed by atoms with Crippen LogP contribution in [-0.4, -0.2) is 74.9 Å². The van der Waals surface area contributed by atoms with Gasteiger partial charge in [0.1, 0.15) is 0 Å². The van der Waals surface area contributed by atoms with Gasteiger partial charge in [0.05, 0.1) is 17.9 Å². The topological polar surface area (TPSA) is 120 Å². The summed E-state index contributed by atoms with van der Waals surface area (Å²) in [6.07, 6.45) is 23.4. The molecular weight excluding hydrogens is 767 g/mol. The molecule has 0 atom stereocenters. The van der Waals surface area contributed by atoms with Gasteiger partial charge in [-0.05, 0) is 54.3 Å². The monoisotopic (exact) mass is 842 g/mol. The summed E-state index contributed by atoms with van der Waals surface area (Å²) in [5.74, 6) is 2.79. The Labute approximate surface area is 324 Å². The normalized spacial score (nSPS) is 10.6. The molecule has 10 heteroatoms. The van der Waals surface area contributed by atoms with Crippen LogP contribution in [-0.2, 0) is 14.4 Å². The van der Waals surface area contributed by atoms with Crippen LogP contribution < -0.4 is 15.3 Å². The number of thioether (sulfide) groups is 3. The Morgan fingerprint density at radius 3 is 0.979 bits per heavy atom. The number of unbranched alkanes of at least 4 members (excludes halogenated alkanes) is 11. The van der Waals surface area contributed by atoms with Crippen LogP contribution in [0.1, 0.15) is 164 Å². The van der Waals surface area contributed by atoms with Gasteiger partial charge in [-0.3, -0.25) is 0 Å². The van der Waals surface area contributed by atoms with Crippen LogP contribution in [0.3, 0.4) is 0 Å². The van der Waals surface area contributed by atoms with E-state index in [1.165, 1.54) is 136 Å². The Bertz CT molecular complexity index is 584. The second-order valence-electron chi connectivity index (χ2n) is 13.5. The zero-order chi connectivity index (χ0) is 37.3. The van der Waals surface area contributed by atoms with Crippen molar-refractivity contribution in [2.75, 3.05) is 34.5 Å². The maximum absolute atomic E-state index is 10.0. The molecule has 0 bridgehead atoms. The minimum atomic E-state index is -0.952. The molecule has 48 heavy (non-hydrogen) atoms. The van der Waals surface area contributed by atoms with Crippen molar-refractivity contribution in [2.24, 2.45) is 17.8 Å². The Hall–Kier alpha value is 0.259. The summed E-state index contributed by atoms with van der Waals surface area (Å²) in [6.45, 7) is 15.6. The van der Waals surface area contributed by atoms with Crippen LogP contribution >= 0.6 is 35.3 Å². The minimum absolute atomic E-state index is 0.143. The summed E-state index contributed by atoms with van der Waals surface area (Å²) >= 11 is 6.08. The molecule has 0 heterocycles. The molecule has 0 aliphatic rings. The summed E-state index contributed by atoms with van der Waals surface area (Å²) in [5.41, 5.74) is 0. The van der Waals surface area contributed by atoms with Gasteiger partial charge in [-0.1, -0.05) is 99.3 Å². The quantitative estimate of drug-likeness (QED) is 0.0524. The number of carbonyl (C=O) groups excluding carboxylic acids is 3. The van der Waals surface area contributed by atoms with E-state index in [0.717, 1.165) is 54.3 Å². The van der Waals surface area contributed by atoms with Gasteiger partial charge in [0.2, 0.25) is 0 Å². The average Bonchev–Trinajstić information content (AvgIpc) is 3.00. The molecule has 0 spiro atoms. The summed E-state index contributed by atoms with van der Waals surface area (Å²) in [4.78, 5) is 30.1. The van der Waals surface area contributed by atoms with E-state index >= 15 is 0 Å². The number of carboxylic acids is 3. The van der Waals surface area contributed by atoms with Gasteiger partial charge in [-0.25, -0.2) is 0 Å². The number of hydrogen-bond acceptors (Lipinski definition) is 9. The number of hydrogen-bond donors (Lipinski definition) is 0. The zero-order valence-corrected chi connectivity index (χ0v) is 37.4. The van der Waals surface area contributed by atoms with Crippen molar-refractivity contribution in [3.05, 3.63) is 0 Å². The van der Waals surface area contributed by atoms with E-state index in [4.69, 9.17) is 0 Å². The molecule has 0 aromatic rings. The molecule has 284 valence electrons. The van der Waals surface area contributed by atoms with E-state index in [1.807, 2.05) is 0 Å². The second kappa shape index (κ2) is 47.3. The van der Waals surface area contributed by atoms with Gasteiger partial charge >= 0.3 is 72.4 Å². The predicted molar refractivity (Wildman–Crippen MR) is 211 cm³/mol. The Morgan fingerprint density at radius 1 is 0.458 bits per heavy atom. The van der Waals surface area contributed by atoms with E-state index in [1.54, 1.807) is 22.5 Å². The number of carbonyl (C=O) groups is 3. The molecule has 0 radical (unpaired) electrons. The van der Waals surface area contributed by atoms with Crippen LogP contribution in [0.4, 0.5) is 0 Å². The molecule has 0 rings (SSSR count). The molecule has 0 unspecified atom stereocenters. The second-order valence-corrected chi connectivity index (χ2v) is 18.3. The molecule has 0 aromatic carbocycles. The number of rotatable bonds is 30. The summed E-state index contributed by atoms with van der Waals surface area (Å²) < 4.78 is 1.46. The fraction of sp³-hybridized carbons (Fsp3) is 0.921. The molecule has 0 N–H and O–H groups in total. The third kappa shape index (κ3) is 72.1. The van der Waals surface area contributed by atoms with Gasteiger partial charge in [0.15, 0.2) is 0 Å². The van der Waals surface area contributed by atoms with Gasteiger partial charge in [-0.2, -0.15) is 35.3 Å². The van der Waals surface area contributed by atoms with Gasteiger partial charge < -0.3 is 29.7 Å².